The molecule has 0 spiro atoms. The van der Waals surface area contributed by atoms with E-state index in [1.807, 2.05) is 0 Å². The molecule has 19 heteroatoms. The fourth-order valence-electron chi connectivity index (χ4n) is 12.2. The molecule has 0 amide bonds. The van der Waals surface area contributed by atoms with E-state index >= 15 is 0 Å². The first-order valence-electron chi connectivity index (χ1n) is 41.3. The molecule has 99 heavy (non-hydrogen) atoms. The Morgan fingerprint density at radius 2 is 0.485 bits per heavy atom. The highest BCUT2D eigenvalue weighted by Gasteiger charge is 2.30. The smallest absolute Gasteiger partial charge is 0.462 e. The van der Waals surface area contributed by atoms with Gasteiger partial charge in [0.15, 0.2) is 12.2 Å². The van der Waals surface area contributed by atoms with Gasteiger partial charge in [-0.15, -0.1) is 0 Å². The molecule has 7 atom stereocenters. The van der Waals surface area contributed by atoms with Crippen molar-refractivity contribution in [1.29, 1.82) is 0 Å². The summed E-state index contributed by atoms with van der Waals surface area (Å²) in [5.74, 6) is 1.02. The number of phosphoric acid groups is 2. The van der Waals surface area contributed by atoms with E-state index in [0.717, 1.165) is 114 Å². The molecule has 0 saturated heterocycles. The number of esters is 4. The van der Waals surface area contributed by atoms with E-state index < -0.39 is 97.5 Å². The quantitative estimate of drug-likeness (QED) is 0.0222. The Morgan fingerprint density at radius 3 is 0.717 bits per heavy atom. The lowest BCUT2D eigenvalue weighted by molar-refractivity contribution is -0.161. The Morgan fingerprint density at radius 1 is 0.283 bits per heavy atom. The van der Waals surface area contributed by atoms with Crippen molar-refractivity contribution in [3.05, 3.63) is 0 Å². The highest BCUT2D eigenvalue weighted by Crippen LogP contribution is 2.45. The minimum Gasteiger partial charge on any atom is -0.462 e. The van der Waals surface area contributed by atoms with Crippen LogP contribution in [0.25, 0.3) is 0 Å². The van der Waals surface area contributed by atoms with Crippen LogP contribution in [0.4, 0.5) is 0 Å². The van der Waals surface area contributed by atoms with Crippen molar-refractivity contribution in [2.45, 2.75) is 427 Å². The second kappa shape index (κ2) is 69.1. The summed E-state index contributed by atoms with van der Waals surface area (Å²) in [6.07, 6.45) is 55.5. The summed E-state index contributed by atoms with van der Waals surface area (Å²) in [6, 6.07) is 0. The van der Waals surface area contributed by atoms with Crippen molar-refractivity contribution in [3.8, 4) is 0 Å². The van der Waals surface area contributed by atoms with Crippen molar-refractivity contribution >= 4 is 39.5 Å². The number of hydrogen-bond acceptors (Lipinski definition) is 15. The lowest BCUT2D eigenvalue weighted by Gasteiger charge is -2.21. The van der Waals surface area contributed by atoms with Gasteiger partial charge in [-0.05, 0) is 49.4 Å². The number of aliphatic hydroxyl groups is 1. The van der Waals surface area contributed by atoms with Crippen LogP contribution >= 0.6 is 15.6 Å². The molecule has 0 aromatic carbocycles. The predicted octanol–water partition coefficient (Wildman–Crippen LogP) is 23.6. The highest BCUT2D eigenvalue weighted by atomic mass is 31.2. The van der Waals surface area contributed by atoms with Gasteiger partial charge in [0, 0.05) is 25.7 Å². The zero-order chi connectivity index (χ0) is 73.1. The maximum atomic E-state index is 13.1. The zero-order valence-corrected chi connectivity index (χ0v) is 66.9. The standard InChI is InChI=1S/C80H156O17P2/c1-9-72(7)58-50-42-33-27-21-17-14-15-19-23-31-37-47-55-62-79(84)96-75(66-90-77(82)60-52-44-35-29-25-24-28-34-43-51-59-73(8)10-2)68-94-98(86,87)92-64-74(81)65-93-99(88,89)95-69-76(67-91-78(83)61-53-45-39-38-41-49-57-71(5)6)97-80(85)63-54-46-36-30-22-18-13-11-12-16-20-26-32-40-48-56-70(3)4/h70-76,81H,9-69H2,1-8H3,(H,86,87)(H,88,89)/t72?,73?,74?,75-,76-/m1/s1. The largest absolute Gasteiger partial charge is 0.472 e. The van der Waals surface area contributed by atoms with E-state index in [1.54, 1.807) is 0 Å². The number of hydrogen-bond donors (Lipinski definition) is 3. The van der Waals surface area contributed by atoms with E-state index in [-0.39, 0.29) is 25.7 Å². The fraction of sp³-hybridized carbons (Fsp3) is 0.950. The Labute approximate surface area is 607 Å². The Bertz CT molecular complexity index is 1940. The average Bonchev–Trinajstić information content (AvgIpc) is 1.33. The molecular formula is C80H156O17P2. The maximum absolute atomic E-state index is 13.1. The van der Waals surface area contributed by atoms with Crippen LogP contribution in [0.3, 0.4) is 0 Å². The van der Waals surface area contributed by atoms with Gasteiger partial charge < -0.3 is 33.8 Å². The second-order valence-corrected chi connectivity index (χ2v) is 33.1. The molecule has 0 bridgehead atoms. The summed E-state index contributed by atoms with van der Waals surface area (Å²) in [5.41, 5.74) is 0. The van der Waals surface area contributed by atoms with Gasteiger partial charge in [-0.1, -0.05) is 357 Å². The molecular weight excluding hydrogens is 1290 g/mol. The van der Waals surface area contributed by atoms with E-state index in [1.165, 1.54) is 205 Å². The van der Waals surface area contributed by atoms with Crippen molar-refractivity contribution in [3.63, 3.8) is 0 Å². The number of rotatable bonds is 77. The first-order valence-corrected chi connectivity index (χ1v) is 44.3. The SMILES string of the molecule is CCC(C)CCCCCCCCCCCCCCCCC(=O)O[C@H](COC(=O)CCCCCCCCCCCCC(C)CC)COP(=O)(O)OCC(O)COP(=O)(O)OC[C@@H](COC(=O)CCCCCCCCC(C)C)OC(=O)CCCCCCCCCCCCCCCCCC(C)C. The van der Waals surface area contributed by atoms with E-state index in [4.69, 9.17) is 37.0 Å². The summed E-state index contributed by atoms with van der Waals surface area (Å²) < 4.78 is 68.7. The van der Waals surface area contributed by atoms with E-state index in [0.29, 0.717) is 31.6 Å². The molecule has 5 unspecified atom stereocenters. The molecule has 0 rings (SSSR count). The third-order valence-electron chi connectivity index (χ3n) is 19.3. The van der Waals surface area contributed by atoms with Crippen LogP contribution in [0.1, 0.15) is 409 Å². The first-order chi connectivity index (χ1) is 47.7. The molecule has 0 aliphatic carbocycles. The lowest BCUT2D eigenvalue weighted by Crippen LogP contribution is -2.30. The first kappa shape index (κ1) is 97.1. The van der Waals surface area contributed by atoms with Crippen LogP contribution < -0.4 is 0 Å². The molecule has 0 aromatic rings. The van der Waals surface area contributed by atoms with E-state index in [2.05, 4.69) is 55.4 Å². The zero-order valence-electron chi connectivity index (χ0n) is 65.1. The average molecular weight is 1450 g/mol. The highest BCUT2D eigenvalue weighted by molar-refractivity contribution is 7.47. The Balaban J connectivity index is 5.23. The number of aliphatic hydroxyl groups excluding tert-OH is 1. The van der Waals surface area contributed by atoms with Gasteiger partial charge in [0.25, 0.3) is 0 Å². The van der Waals surface area contributed by atoms with Crippen LogP contribution in [0.5, 0.6) is 0 Å². The minimum atomic E-state index is -4.96. The van der Waals surface area contributed by atoms with Crippen molar-refractivity contribution in [2.24, 2.45) is 23.7 Å². The molecule has 0 heterocycles. The molecule has 0 saturated carbocycles. The second-order valence-electron chi connectivity index (χ2n) is 30.2. The third-order valence-corrected chi connectivity index (χ3v) is 21.2. The molecule has 3 N–H and O–H groups in total. The summed E-state index contributed by atoms with van der Waals surface area (Å²) in [5, 5.41) is 10.6. The van der Waals surface area contributed by atoms with Gasteiger partial charge in [0.1, 0.15) is 19.3 Å². The predicted molar refractivity (Wildman–Crippen MR) is 404 cm³/mol. The Kier molecular flexibility index (Phi) is 67.8. The normalized spacial score (nSPS) is 14.6. The van der Waals surface area contributed by atoms with Crippen molar-refractivity contribution in [1.82, 2.24) is 0 Å². The monoisotopic (exact) mass is 1450 g/mol. The van der Waals surface area contributed by atoms with Crippen LogP contribution in [0.15, 0.2) is 0 Å². The Hall–Kier alpha value is -1.94. The van der Waals surface area contributed by atoms with Crippen LogP contribution in [0.2, 0.25) is 0 Å². The van der Waals surface area contributed by atoms with Crippen LogP contribution in [0, 0.1) is 23.7 Å². The maximum Gasteiger partial charge on any atom is 0.472 e. The van der Waals surface area contributed by atoms with Crippen LogP contribution in [-0.2, 0) is 65.4 Å². The molecule has 588 valence electrons. The summed E-state index contributed by atoms with van der Waals surface area (Å²) in [4.78, 5) is 73.0. The molecule has 17 nitrogen and oxygen atoms in total. The van der Waals surface area contributed by atoms with Gasteiger partial charge in [-0.25, -0.2) is 9.13 Å². The number of unbranched alkanes of at least 4 members (excludes halogenated alkanes) is 41. The van der Waals surface area contributed by atoms with Gasteiger partial charge >= 0.3 is 39.5 Å². The fourth-order valence-corrected chi connectivity index (χ4v) is 13.8. The van der Waals surface area contributed by atoms with Gasteiger partial charge in [0.05, 0.1) is 26.4 Å². The van der Waals surface area contributed by atoms with Gasteiger partial charge in [-0.2, -0.15) is 0 Å². The van der Waals surface area contributed by atoms with Crippen LogP contribution in [-0.4, -0.2) is 96.7 Å². The number of carbonyl (C=O) groups is 4. The van der Waals surface area contributed by atoms with E-state index in [9.17, 15) is 43.2 Å². The summed E-state index contributed by atoms with van der Waals surface area (Å²) in [6.45, 7) is 14.3. The van der Waals surface area contributed by atoms with Crippen molar-refractivity contribution in [2.75, 3.05) is 39.6 Å². The van der Waals surface area contributed by atoms with Crippen molar-refractivity contribution < 1.29 is 80.2 Å². The summed E-state index contributed by atoms with van der Waals surface area (Å²) in [7, 11) is -9.92. The number of phosphoric ester groups is 2. The topological polar surface area (TPSA) is 237 Å². The molecule has 0 aliphatic heterocycles. The molecule has 0 aliphatic rings. The van der Waals surface area contributed by atoms with Gasteiger partial charge in [0.2, 0.25) is 0 Å². The number of ether oxygens (including phenoxy) is 4. The third kappa shape index (κ3) is 71.5. The van der Waals surface area contributed by atoms with Gasteiger partial charge in [-0.3, -0.25) is 37.3 Å². The number of carbonyl (C=O) groups excluding carboxylic acids is 4. The molecule has 0 aromatic heterocycles. The lowest BCUT2D eigenvalue weighted by atomic mass is 9.99. The minimum absolute atomic E-state index is 0.106. The summed E-state index contributed by atoms with van der Waals surface area (Å²) >= 11 is 0. The molecule has 0 fully saturated rings. The molecule has 0 radical (unpaired) electrons.